The first-order chi connectivity index (χ1) is 8.31. The molecule has 0 spiro atoms. The van der Waals surface area contributed by atoms with Crippen molar-refractivity contribution in [1.82, 2.24) is 5.32 Å². The van der Waals surface area contributed by atoms with E-state index in [0.29, 0.717) is 12.5 Å². The number of aryl methyl sites for hydroxylation is 1. The van der Waals surface area contributed by atoms with E-state index in [1.807, 2.05) is 0 Å². The van der Waals surface area contributed by atoms with E-state index in [1.54, 1.807) is 0 Å². The minimum absolute atomic E-state index is 0.141. The second kappa shape index (κ2) is 4.49. The molecule has 3 heteroatoms. The fourth-order valence-electron chi connectivity index (χ4n) is 2.78. The summed E-state index contributed by atoms with van der Waals surface area (Å²) in [5.74, 6) is 0.141. The Hall–Kier alpha value is -1.35. The number of hydrogen-bond acceptors (Lipinski definition) is 2. The van der Waals surface area contributed by atoms with Crippen LogP contribution in [0.15, 0.2) is 18.2 Å². The lowest BCUT2D eigenvalue weighted by atomic mass is 9.97. The van der Waals surface area contributed by atoms with E-state index >= 15 is 0 Å². The van der Waals surface area contributed by atoms with Gasteiger partial charge in [0.05, 0.1) is 0 Å². The number of carbonyl (C=O) groups is 1. The van der Waals surface area contributed by atoms with Crippen molar-refractivity contribution in [2.45, 2.75) is 38.1 Å². The van der Waals surface area contributed by atoms with E-state index in [4.69, 9.17) is 0 Å². The summed E-state index contributed by atoms with van der Waals surface area (Å²) in [6.45, 7) is 1.16. The molecular weight excluding hydrogens is 212 g/mol. The minimum Gasteiger partial charge on any atom is -0.326 e. The third-order valence-electron chi connectivity index (χ3n) is 3.71. The highest BCUT2D eigenvalue weighted by atomic mass is 16.1. The van der Waals surface area contributed by atoms with Crippen molar-refractivity contribution in [1.29, 1.82) is 0 Å². The van der Waals surface area contributed by atoms with Gasteiger partial charge in [-0.2, -0.15) is 0 Å². The van der Waals surface area contributed by atoms with Crippen LogP contribution < -0.4 is 10.6 Å². The number of anilines is 1. The summed E-state index contributed by atoms with van der Waals surface area (Å²) in [7, 11) is 0. The summed E-state index contributed by atoms with van der Waals surface area (Å²) in [6.07, 6.45) is 5.20. The lowest BCUT2D eigenvalue weighted by Crippen LogP contribution is -2.24. The van der Waals surface area contributed by atoms with E-state index < -0.39 is 0 Å². The standard InChI is InChI=1S/C14H18N2O/c17-14-6-4-11-8-10(3-5-13(11)16-14)9-12-2-1-7-15-12/h3,5,8,12,15H,1-2,4,6-7,9H2,(H,16,17). The SMILES string of the molecule is O=C1CCc2cc(CC3CCCN3)ccc2N1. The highest BCUT2D eigenvalue weighted by Gasteiger charge is 2.17. The molecule has 3 nitrogen and oxygen atoms in total. The summed E-state index contributed by atoms with van der Waals surface area (Å²) in [6, 6.07) is 7.10. The molecule has 1 amide bonds. The Morgan fingerprint density at radius 3 is 3.06 bits per heavy atom. The summed E-state index contributed by atoms with van der Waals surface area (Å²) in [4.78, 5) is 11.3. The lowest BCUT2D eigenvalue weighted by Gasteiger charge is -2.18. The molecule has 1 atom stereocenters. The molecular formula is C14H18N2O. The predicted octanol–water partition coefficient (Wildman–Crippen LogP) is 1.87. The normalized spacial score (nSPS) is 23.3. The van der Waals surface area contributed by atoms with E-state index in [1.165, 1.54) is 24.0 Å². The summed E-state index contributed by atoms with van der Waals surface area (Å²) < 4.78 is 0. The van der Waals surface area contributed by atoms with Gasteiger partial charge in [0.2, 0.25) is 5.91 Å². The fraction of sp³-hybridized carbons (Fsp3) is 0.500. The molecule has 3 rings (SSSR count). The van der Waals surface area contributed by atoms with Crippen LogP contribution in [0.25, 0.3) is 0 Å². The third kappa shape index (κ3) is 2.34. The van der Waals surface area contributed by atoms with Gasteiger partial charge in [-0.05, 0) is 49.4 Å². The molecule has 1 aromatic carbocycles. The van der Waals surface area contributed by atoms with Gasteiger partial charge in [0.25, 0.3) is 0 Å². The van der Waals surface area contributed by atoms with Crippen molar-refractivity contribution >= 4 is 11.6 Å². The van der Waals surface area contributed by atoms with Crippen molar-refractivity contribution in [3.63, 3.8) is 0 Å². The quantitative estimate of drug-likeness (QED) is 0.814. The zero-order valence-corrected chi connectivity index (χ0v) is 9.96. The van der Waals surface area contributed by atoms with Gasteiger partial charge in [0, 0.05) is 18.2 Å². The Bertz CT molecular complexity index is 436. The van der Waals surface area contributed by atoms with Crippen LogP contribution in [0, 0.1) is 0 Å². The minimum atomic E-state index is 0.141. The molecule has 0 aromatic heterocycles. The zero-order valence-electron chi connectivity index (χ0n) is 9.96. The maximum atomic E-state index is 11.3. The second-order valence-corrected chi connectivity index (χ2v) is 5.04. The molecule has 0 saturated carbocycles. The van der Waals surface area contributed by atoms with Gasteiger partial charge >= 0.3 is 0 Å². The summed E-state index contributed by atoms with van der Waals surface area (Å²) >= 11 is 0. The summed E-state index contributed by atoms with van der Waals surface area (Å²) in [5.41, 5.74) is 3.68. The number of carbonyl (C=O) groups excluding carboxylic acids is 1. The number of rotatable bonds is 2. The van der Waals surface area contributed by atoms with Gasteiger partial charge in [-0.3, -0.25) is 4.79 Å². The monoisotopic (exact) mass is 230 g/mol. The predicted molar refractivity (Wildman–Crippen MR) is 68.1 cm³/mol. The van der Waals surface area contributed by atoms with Crippen LogP contribution in [0.5, 0.6) is 0 Å². The average molecular weight is 230 g/mol. The first kappa shape index (κ1) is 10.8. The highest BCUT2D eigenvalue weighted by molar-refractivity contribution is 5.93. The van der Waals surface area contributed by atoms with Crippen LogP contribution in [-0.2, 0) is 17.6 Å². The average Bonchev–Trinajstić information content (AvgIpc) is 2.82. The molecule has 0 aliphatic carbocycles. The number of hydrogen-bond donors (Lipinski definition) is 2. The van der Waals surface area contributed by atoms with Crippen LogP contribution in [0.2, 0.25) is 0 Å². The Kier molecular flexibility index (Phi) is 2.85. The zero-order chi connectivity index (χ0) is 11.7. The van der Waals surface area contributed by atoms with E-state index in [0.717, 1.165) is 25.1 Å². The molecule has 1 aromatic rings. The van der Waals surface area contributed by atoms with Crippen LogP contribution in [-0.4, -0.2) is 18.5 Å². The van der Waals surface area contributed by atoms with Crippen molar-refractivity contribution < 1.29 is 4.79 Å². The number of nitrogens with one attached hydrogen (secondary N) is 2. The molecule has 2 aliphatic rings. The van der Waals surface area contributed by atoms with Crippen LogP contribution in [0.3, 0.4) is 0 Å². The number of benzene rings is 1. The molecule has 1 saturated heterocycles. The smallest absolute Gasteiger partial charge is 0.224 e. The van der Waals surface area contributed by atoms with E-state index in [2.05, 4.69) is 28.8 Å². The van der Waals surface area contributed by atoms with Crippen molar-refractivity contribution in [3.05, 3.63) is 29.3 Å². The highest BCUT2D eigenvalue weighted by Crippen LogP contribution is 2.24. The van der Waals surface area contributed by atoms with Gasteiger partial charge in [0.15, 0.2) is 0 Å². The van der Waals surface area contributed by atoms with Gasteiger partial charge in [-0.25, -0.2) is 0 Å². The molecule has 0 radical (unpaired) electrons. The Morgan fingerprint density at radius 2 is 2.24 bits per heavy atom. The Labute approximate surface area is 102 Å². The molecule has 1 fully saturated rings. The topological polar surface area (TPSA) is 41.1 Å². The molecule has 2 N–H and O–H groups in total. The summed E-state index contributed by atoms with van der Waals surface area (Å²) in [5, 5.41) is 6.45. The maximum Gasteiger partial charge on any atom is 0.224 e. The van der Waals surface area contributed by atoms with Gasteiger partial charge < -0.3 is 10.6 Å². The molecule has 90 valence electrons. The molecule has 1 unspecified atom stereocenters. The molecule has 2 aliphatic heterocycles. The third-order valence-corrected chi connectivity index (χ3v) is 3.71. The number of fused-ring (bicyclic) bond motifs is 1. The van der Waals surface area contributed by atoms with Gasteiger partial charge in [0.1, 0.15) is 0 Å². The van der Waals surface area contributed by atoms with E-state index in [9.17, 15) is 4.79 Å². The number of amides is 1. The first-order valence-corrected chi connectivity index (χ1v) is 6.46. The molecule has 2 heterocycles. The molecule has 17 heavy (non-hydrogen) atoms. The fourth-order valence-corrected chi connectivity index (χ4v) is 2.78. The van der Waals surface area contributed by atoms with Gasteiger partial charge in [-0.1, -0.05) is 12.1 Å². The van der Waals surface area contributed by atoms with Crippen LogP contribution in [0.1, 0.15) is 30.4 Å². The van der Waals surface area contributed by atoms with Crippen molar-refractivity contribution in [2.75, 3.05) is 11.9 Å². The Morgan fingerprint density at radius 1 is 1.29 bits per heavy atom. The second-order valence-electron chi connectivity index (χ2n) is 5.04. The van der Waals surface area contributed by atoms with Crippen LogP contribution in [0.4, 0.5) is 5.69 Å². The lowest BCUT2D eigenvalue weighted by molar-refractivity contribution is -0.116. The van der Waals surface area contributed by atoms with Crippen molar-refractivity contribution in [3.8, 4) is 0 Å². The first-order valence-electron chi connectivity index (χ1n) is 6.46. The Balaban J connectivity index is 1.76. The van der Waals surface area contributed by atoms with Crippen LogP contribution >= 0.6 is 0 Å². The van der Waals surface area contributed by atoms with E-state index in [-0.39, 0.29) is 5.91 Å². The molecule has 0 bridgehead atoms. The van der Waals surface area contributed by atoms with Crippen molar-refractivity contribution in [2.24, 2.45) is 0 Å². The maximum absolute atomic E-state index is 11.3. The largest absolute Gasteiger partial charge is 0.326 e. The van der Waals surface area contributed by atoms with Gasteiger partial charge in [-0.15, -0.1) is 0 Å².